The SMILES string of the molecule is O=C(C=Cc1ccco1)NC(=S)Nc1ccccc1N1CCOCC1. The lowest BCUT2D eigenvalue weighted by Gasteiger charge is -2.30. The highest BCUT2D eigenvalue weighted by molar-refractivity contribution is 7.80. The molecule has 3 rings (SSSR count). The van der Waals surface area contributed by atoms with Gasteiger partial charge in [-0.2, -0.15) is 0 Å². The molecule has 1 aromatic carbocycles. The van der Waals surface area contributed by atoms with Gasteiger partial charge in [0, 0.05) is 19.2 Å². The Morgan fingerprint density at radius 3 is 2.72 bits per heavy atom. The molecule has 2 N–H and O–H groups in total. The second kappa shape index (κ2) is 8.46. The molecular weight excluding hydrogens is 338 g/mol. The summed E-state index contributed by atoms with van der Waals surface area (Å²) >= 11 is 5.24. The number of amides is 1. The van der Waals surface area contributed by atoms with E-state index in [0.717, 1.165) is 24.5 Å². The fourth-order valence-electron chi connectivity index (χ4n) is 2.51. The molecule has 0 saturated carbocycles. The number of hydrogen-bond acceptors (Lipinski definition) is 5. The Kier molecular flexibility index (Phi) is 5.81. The molecule has 0 bridgehead atoms. The molecule has 0 unspecified atom stereocenters. The predicted octanol–water partition coefficient (Wildman–Crippen LogP) is 2.64. The molecule has 25 heavy (non-hydrogen) atoms. The number of hydrogen-bond donors (Lipinski definition) is 2. The highest BCUT2D eigenvalue weighted by Crippen LogP contribution is 2.26. The first-order valence-corrected chi connectivity index (χ1v) is 8.38. The second-order valence-corrected chi connectivity index (χ2v) is 5.82. The number of ether oxygens (including phenoxy) is 1. The van der Waals surface area contributed by atoms with Gasteiger partial charge in [0.05, 0.1) is 30.9 Å². The number of thiocarbonyl (C=S) groups is 1. The first-order chi connectivity index (χ1) is 12.2. The van der Waals surface area contributed by atoms with E-state index in [-0.39, 0.29) is 11.0 Å². The molecule has 0 aliphatic carbocycles. The van der Waals surface area contributed by atoms with Gasteiger partial charge >= 0.3 is 0 Å². The van der Waals surface area contributed by atoms with Crippen LogP contribution in [0.3, 0.4) is 0 Å². The van der Waals surface area contributed by atoms with Gasteiger partial charge in [-0.3, -0.25) is 10.1 Å². The van der Waals surface area contributed by atoms with Gasteiger partial charge in [-0.25, -0.2) is 0 Å². The van der Waals surface area contributed by atoms with E-state index in [1.165, 1.54) is 6.08 Å². The molecule has 1 saturated heterocycles. The number of carbonyl (C=O) groups is 1. The summed E-state index contributed by atoms with van der Waals surface area (Å²) in [6.45, 7) is 3.05. The molecule has 1 fully saturated rings. The number of anilines is 2. The van der Waals surface area contributed by atoms with E-state index in [1.54, 1.807) is 24.5 Å². The van der Waals surface area contributed by atoms with Crippen LogP contribution in [0.2, 0.25) is 0 Å². The molecule has 130 valence electrons. The van der Waals surface area contributed by atoms with Gasteiger partial charge in [0.1, 0.15) is 5.76 Å². The Hall–Kier alpha value is -2.64. The predicted molar refractivity (Wildman–Crippen MR) is 102 cm³/mol. The van der Waals surface area contributed by atoms with E-state index in [2.05, 4.69) is 15.5 Å². The van der Waals surface area contributed by atoms with Crippen LogP contribution in [0.1, 0.15) is 5.76 Å². The molecule has 6 nitrogen and oxygen atoms in total. The Morgan fingerprint density at radius 1 is 1.16 bits per heavy atom. The summed E-state index contributed by atoms with van der Waals surface area (Å²) in [6, 6.07) is 11.4. The van der Waals surface area contributed by atoms with Crippen molar-refractivity contribution in [3.05, 3.63) is 54.5 Å². The maximum Gasteiger partial charge on any atom is 0.250 e. The van der Waals surface area contributed by atoms with E-state index >= 15 is 0 Å². The number of carbonyl (C=O) groups excluding carboxylic acids is 1. The Labute approximate surface area is 151 Å². The van der Waals surface area contributed by atoms with E-state index in [1.807, 2.05) is 24.3 Å². The van der Waals surface area contributed by atoms with Crippen molar-refractivity contribution in [2.24, 2.45) is 0 Å². The largest absolute Gasteiger partial charge is 0.465 e. The Bertz CT molecular complexity index is 753. The van der Waals surface area contributed by atoms with Crippen molar-refractivity contribution in [3.63, 3.8) is 0 Å². The Morgan fingerprint density at radius 2 is 1.96 bits per heavy atom. The molecule has 0 atom stereocenters. The summed E-state index contributed by atoms with van der Waals surface area (Å²) in [5, 5.41) is 5.97. The molecule has 1 aromatic heterocycles. The standard InChI is InChI=1S/C18H19N3O3S/c22-17(8-7-14-4-3-11-24-14)20-18(25)19-15-5-1-2-6-16(15)21-9-12-23-13-10-21/h1-8,11H,9-10,12-13H2,(H2,19,20,22,25). The normalized spacial score (nSPS) is 14.5. The smallest absolute Gasteiger partial charge is 0.250 e. The quantitative estimate of drug-likeness (QED) is 0.648. The maximum absolute atomic E-state index is 11.9. The van der Waals surface area contributed by atoms with Crippen molar-refractivity contribution in [1.29, 1.82) is 0 Å². The van der Waals surface area contributed by atoms with Gasteiger partial charge < -0.3 is 19.4 Å². The zero-order chi connectivity index (χ0) is 17.5. The molecular formula is C18H19N3O3S. The lowest BCUT2D eigenvalue weighted by molar-refractivity contribution is -0.115. The van der Waals surface area contributed by atoms with Gasteiger partial charge in [0.2, 0.25) is 5.91 Å². The van der Waals surface area contributed by atoms with Crippen molar-refractivity contribution in [2.75, 3.05) is 36.5 Å². The molecule has 1 amide bonds. The number of rotatable bonds is 4. The molecule has 7 heteroatoms. The van der Waals surface area contributed by atoms with Crippen molar-refractivity contribution in [2.45, 2.75) is 0 Å². The molecule has 2 aromatic rings. The lowest BCUT2D eigenvalue weighted by Crippen LogP contribution is -2.37. The monoisotopic (exact) mass is 357 g/mol. The third-order valence-corrected chi connectivity index (χ3v) is 3.89. The van der Waals surface area contributed by atoms with Gasteiger partial charge in [-0.1, -0.05) is 12.1 Å². The number of para-hydroxylation sites is 2. The van der Waals surface area contributed by atoms with Crippen molar-refractivity contribution >= 4 is 40.7 Å². The summed E-state index contributed by atoms with van der Waals surface area (Å²) in [5.41, 5.74) is 1.89. The van der Waals surface area contributed by atoms with Crippen LogP contribution in [0.4, 0.5) is 11.4 Å². The second-order valence-electron chi connectivity index (χ2n) is 5.41. The minimum atomic E-state index is -0.322. The number of morpholine rings is 1. The number of nitrogens with one attached hydrogen (secondary N) is 2. The summed E-state index contributed by atoms with van der Waals surface area (Å²) in [4.78, 5) is 14.2. The zero-order valence-electron chi connectivity index (χ0n) is 13.6. The molecule has 2 heterocycles. The number of benzene rings is 1. The van der Waals surface area contributed by atoms with Crippen LogP contribution in [0.5, 0.6) is 0 Å². The van der Waals surface area contributed by atoms with Crippen LogP contribution in [0.25, 0.3) is 6.08 Å². The van der Waals surface area contributed by atoms with Gasteiger partial charge in [-0.05, 0) is 42.6 Å². The molecule has 1 aliphatic heterocycles. The van der Waals surface area contributed by atoms with Gasteiger partial charge in [0.15, 0.2) is 5.11 Å². The average molecular weight is 357 g/mol. The van der Waals surface area contributed by atoms with Crippen molar-refractivity contribution in [1.82, 2.24) is 5.32 Å². The minimum Gasteiger partial charge on any atom is -0.465 e. The highest BCUT2D eigenvalue weighted by Gasteiger charge is 2.15. The fraction of sp³-hybridized carbons (Fsp3) is 0.222. The summed E-state index contributed by atoms with van der Waals surface area (Å²) in [5.74, 6) is 0.282. The first-order valence-electron chi connectivity index (χ1n) is 7.97. The van der Waals surface area contributed by atoms with Crippen molar-refractivity contribution < 1.29 is 13.9 Å². The van der Waals surface area contributed by atoms with Crippen LogP contribution in [-0.4, -0.2) is 37.3 Å². The lowest BCUT2D eigenvalue weighted by atomic mass is 10.2. The topological polar surface area (TPSA) is 66.7 Å². The van der Waals surface area contributed by atoms with E-state index in [0.29, 0.717) is 19.0 Å². The van der Waals surface area contributed by atoms with E-state index in [4.69, 9.17) is 21.4 Å². The van der Waals surface area contributed by atoms with E-state index in [9.17, 15) is 4.79 Å². The average Bonchev–Trinajstić information content (AvgIpc) is 3.15. The van der Waals surface area contributed by atoms with Crippen LogP contribution >= 0.6 is 12.2 Å². The third kappa shape index (κ3) is 4.91. The maximum atomic E-state index is 11.9. The van der Waals surface area contributed by atoms with Crippen LogP contribution in [0.15, 0.2) is 53.2 Å². The summed E-state index contributed by atoms with van der Waals surface area (Å²) in [6.07, 6.45) is 4.51. The van der Waals surface area contributed by atoms with Gasteiger partial charge in [0.25, 0.3) is 0 Å². The van der Waals surface area contributed by atoms with Gasteiger partial charge in [-0.15, -0.1) is 0 Å². The Balaban J connectivity index is 1.60. The number of nitrogens with zero attached hydrogens (tertiary/aromatic N) is 1. The third-order valence-electron chi connectivity index (χ3n) is 3.68. The molecule has 0 spiro atoms. The van der Waals surface area contributed by atoms with Crippen LogP contribution < -0.4 is 15.5 Å². The zero-order valence-corrected chi connectivity index (χ0v) is 14.4. The minimum absolute atomic E-state index is 0.245. The van der Waals surface area contributed by atoms with E-state index < -0.39 is 0 Å². The fourth-order valence-corrected chi connectivity index (χ4v) is 2.72. The molecule has 1 aliphatic rings. The summed E-state index contributed by atoms with van der Waals surface area (Å²) in [7, 11) is 0. The number of furan rings is 1. The molecule has 0 radical (unpaired) electrons. The van der Waals surface area contributed by atoms with Crippen molar-refractivity contribution in [3.8, 4) is 0 Å². The van der Waals surface area contributed by atoms with Crippen LogP contribution in [0, 0.1) is 0 Å². The summed E-state index contributed by atoms with van der Waals surface area (Å²) < 4.78 is 10.5. The first kappa shape index (κ1) is 17.2. The van der Waals surface area contributed by atoms with Crippen LogP contribution in [-0.2, 0) is 9.53 Å². The highest BCUT2D eigenvalue weighted by atomic mass is 32.1.